The van der Waals surface area contributed by atoms with Crippen molar-refractivity contribution in [1.82, 2.24) is 20.2 Å². The second kappa shape index (κ2) is 6.83. The Balaban J connectivity index is 2.09. The SMILES string of the molecule is C[C@H](Sc1nnnn1C)C(=O)Nc1c(Cl)cc(Cl)cc1Cl. The van der Waals surface area contributed by atoms with Crippen LogP contribution in [-0.2, 0) is 11.8 Å². The van der Waals surface area contributed by atoms with E-state index in [0.717, 1.165) is 0 Å². The summed E-state index contributed by atoms with van der Waals surface area (Å²) in [5.74, 6) is -0.269. The molecule has 1 heterocycles. The van der Waals surface area contributed by atoms with Crippen molar-refractivity contribution in [3.05, 3.63) is 27.2 Å². The number of thioether (sulfide) groups is 1. The zero-order valence-corrected chi connectivity index (χ0v) is 14.1. The lowest BCUT2D eigenvalue weighted by Gasteiger charge is -2.13. The van der Waals surface area contributed by atoms with Gasteiger partial charge < -0.3 is 5.32 Å². The van der Waals surface area contributed by atoms with Crippen molar-refractivity contribution in [2.45, 2.75) is 17.3 Å². The fraction of sp³-hybridized carbons (Fsp3) is 0.273. The van der Waals surface area contributed by atoms with Gasteiger partial charge in [0.2, 0.25) is 11.1 Å². The number of anilines is 1. The lowest BCUT2D eigenvalue weighted by molar-refractivity contribution is -0.115. The second-order valence-electron chi connectivity index (χ2n) is 4.08. The van der Waals surface area contributed by atoms with E-state index >= 15 is 0 Å². The van der Waals surface area contributed by atoms with Crippen molar-refractivity contribution < 1.29 is 4.79 Å². The zero-order chi connectivity index (χ0) is 15.6. The Hall–Kier alpha value is -1.02. The molecule has 10 heteroatoms. The Kier molecular flexibility index (Phi) is 5.32. The topological polar surface area (TPSA) is 72.7 Å². The van der Waals surface area contributed by atoms with Gasteiger partial charge in [0, 0.05) is 12.1 Å². The van der Waals surface area contributed by atoms with Crippen molar-refractivity contribution in [2.75, 3.05) is 5.32 Å². The molecule has 112 valence electrons. The van der Waals surface area contributed by atoms with Crippen molar-refractivity contribution in [1.29, 1.82) is 0 Å². The Morgan fingerprint density at radius 1 is 1.33 bits per heavy atom. The number of carbonyl (C=O) groups is 1. The van der Waals surface area contributed by atoms with E-state index in [9.17, 15) is 4.79 Å². The van der Waals surface area contributed by atoms with Gasteiger partial charge in [0.1, 0.15) is 0 Å². The van der Waals surface area contributed by atoms with Crippen LogP contribution in [0.2, 0.25) is 15.1 Å². The summed E-state index contributed by atoms with van der Waals surface area (Å²) in [6.07, 6.45) is 0. The van der Waals surface area contributed by atoms with Gasteiger partial charge in [0.05, 0.1) is 21.0 Å². The monoisotopic (exact) mass is 365 g/mol. The number of nitrogens with one attached hydrogen (secondary N) is 1. The Labute approximate surface area is 140 Å². The third-order valence-corrected chi connectivity index (χ3v) is 4.43. The molecule has 0 radical (unpaired) electrons. The third kappa shape index (κ3) is 4.00. The molecule has 0 aliphatic rings. The average Bonchev–Trinajstić information content (AvgIpc) is 2.79. The largest absolute Gasteiger partial charge is 0.323 e. The van der Waals surface area contributed by atoms with Crippen molar-refractivity contribution in [2.24, 2.45) is 7.05 Å². The summed E-state index contributed by atoms with van der Waals surface area (Å²) in [6.45, 7) is 1.73. The number of hydrogen-bond donors (Lipinski definition) is 1. The molecule has 1 N–H and O–H groups in total. The molecule has 1 aromatic heterocycles. The molecule has 0 aliphatic heterocycles. The molecule has 0 bridgehead atoms. The van der Waals surface area contributed by atoms with Crippen LogP contribution in [0.3, 0.4) is 0 Å². The molecule has 6 nitrogen and oxygen atoms in total. The number of halogens is 3. The number of tetrazole rings is 1. The number of benzene rings is 1. The van der Waals surface area contributed by atoms with E-state index in [-0.39, 0.29) is 16.0 Å². The Bertz CT molecular complexity index is 655. The van der Waals surface area contributed by atoms with E-state index in [1.54, 1.807) is 14.0 Å². The Morgan fingerprint density at radius 3 is 2.48 bits per heavy atom. The van der Waals surface area contributed by atoms with Gasteiger partial charge in [-0.15, -0.1) is 5.10 Å². The van der Waals surface area contributed by atoms with E-state index in [1.807, 2.05) is 0 Å². The fourth-order valence-electron chi connectivity index (χ4n) is 1.42. The minimum absolute atomic E-state index is 0.269. The van der Waals surface area contributed by atoms with E-state index < -0.39 is 5.25 Å². The highest BCUT2D eigenvalue weighted by Gasteiger charge is 2.20. The van der Waals surface area contributed by atoms with Crippen molar-refractivity contribution in [3.8, 4) is 0 Å². The number of amides is 1. The predicted molar refractivity (Wildman–Crippen MR) is 84.2 cm³/mol. The maximum atomic E-state index is 12.2. The summed E-state index contributed by atoms with van der Waals surface area (Å²) in [6, 6.07) is 3.02. The van der Waals surface area contributed by atoms with Gasteiger partial charge in [-0.3, -0.25) is 4.79 Å². The Morgan fingerprint density at radius 2 is 1.95 bits per heavy atom. The normalized spacial score (nSPS) is 12.2. The van der Waals surface area contributed by atoms with Gasteiger partial charge in [-0.25, -0.2) is 4.68 Å². The lowest BCUT2D eigenvalue weighted by Crippen LogP contribution is -2.23. The van der Waals surface area contributed by atoms with E-state index in [1.165, 1.54) is 28.6 Å². The molecular formula is C11H10Cl3N5OS. The number of nitrogens with zero attached hydrogens (tertiary/aromatic N) is 4. The summed E-state index contributed by atoms with van der Waals surface area (Å²) >= 11 is 19.1. The molecule has 1 amide bonds. The van der Waals surface area contributed by atoms with Gasteiger partial charge in [0.25, 0.3) is 0 Å². The predicted octanol–water partition coefficient (Wildman–Crippen LogP) is 3.29. The van der Waals surface area contributed by atoms with Gasteiger partial charge in [-0.05, 0) is 29.5 Å². The van der Waals surface area contributed by atoms with Gasteiger partial charge in [-0.1, -0.05) is 46.6 Å². The minimum Gasteiger partial charge on any atom is -0.323 e. The maximum absolute atomic E-state index is 12.2. The number of rotatable bonds is 4. The van der Waals surface area contributed by atoms with Crippen LogP contribution in [0.1, 0.15) is 6.92 Å². The number of hydrogen-bond acceptors (Lipinski definition) is 5. The van der Waals surface area contributed by atoms with E-state index in [2.05, 4.69) is 20.8 Å². The first-order valence-electron chi connectivity index (χ1n) is 5.73. The standard InChI is InChI=1S/C11H10Cl3N5OS/c1-5(21-11-16-17-18-19(11)2)10(20)15-9-7(13)3-6(12)4-8(9)14/h3-5H,1-2H3,(H,15,20)/t5-/m0/s1. The molecule has 0 saturated heterocycles. The quantitative estimate of drug-likeness (QED) is 0.841. The minimum atomic E-state index is -0.433. The molecule has 0 fully saturated rings. The molecule has 21 heavy (non-hydrogen) atoms. The summed E-state index contributed by atoms with van der Waals surface area (Å²) in [4.78, 5) is 12.2. The van der Waals surface area contributed by atoms with Crippen LogP contribution in [0.25, 0.3) is 0 Å². The third-order valence-electron chi connectivity index (χ3n) is 2.49. The smallest absolute Gasteiger partial charge is 0.237 e. The maximum Gasteiger partial charge on any atom is 0.237 e. The summed E-state index contributed by atoms with van der Waals surface area (Å²) in [5, 5.41) is 14.7. The molecule has 0 unspecified atom stereocenters. The van der Waals surface area contributed by atoms with Crippen LogP contribution in [0.4, 0.5) is 5.69 Å². The molecule has 1 aromatic carbocycles. The van der Waals surface area contributed by atoms with Crippen molar-refractivity contribution >= 4 is 58.2 Å². The molecule has 2 aromatic rings. The molecule has 1 atom stereocenters. The summed E-state index contributed by atoms with van der Waals surface area (Å²) in [5.41, 5.74) is 0.330. The molecule has 0 spiro atoms. The number of carbonyl (C=O) groups excluding carboxylic acids is 1. The van der Waals surface area contributed by atoms with Crippen LogP contribution in [0.5, 0.6) is 0 Å². The van der Waals surface area contributed by atoms with Gasteiger partial charge in [-0.2, -0.15) is 0 Å². The van der Waals surface area contributed by atoms with Crippen LogP contribution in [0, 0.1) is 0 Å². The first kappa shape index (κ1) is 16.4. The first-order valence-corrected chi connectivity index (χ1v) is 7.74. The van der Waals surface area contributed by atoms with Crippen molar-refractivity contribution in [3.63, 3.8) is 0 Å². The molecule has 2 rings (SSSR count). The highest BCUT2D eigenvalue weighted by molar-refractivity contribution is 8.00. The number of aromatic nitrogens is 4. The second-order valence-corrected chi connectivity index (χ2v) is 6.64. The molecule has 0 aliphatic carbocycles. The van der Waals surface area contributed by atoms with Crippen LogP contribution in [0.15, 0.2) is 17.3 Å². The lowest BCUT2D eigenvalue weighted by atomic mass is 10.3. The zero-order valence-electron chi connectivity index (χ0n) is 11.0. The van der Waals surface area contributed by atoms with Gasteiger partial charge in [0.15, 0.2) is 0 Å². The highest BCUT2D eigenvalue weighted by Crippen LogP contribution is 2.34. The van der Waals surface area contributed by atoms with Gasteiger partial charge >= 0.3 is 0 Å². The van der Waals surface area contributed by atoms with Crippen LogP contribution < -0.4 is 5.32 Å². The fourth-order valence-corrected chi connectivity index (χ4v) is 3.09. The van der Waals surface area contributed by atoms with E-state index in [0.29, 0.717) is 15.9 Å². The van der Waals surface area contributed by atoms with Crippen LogP contribution >= 0.6 is 46.6 Å². The number of aryl methyl sites for hydroxylation is 1. The first-order chi connectivity index (χ1) is 9.88. The average molecular weight is 367 g/mol. The molecule has 0 saturated carbocycles. The molecular weight excluding hydrogens is 357 g/mol. The summed E-state index contributed by atoms with van der Waals surface area (Å²) in [7, 11) is 1.69. The van der Waals surface area contributed by atoms with E-state index in [4.69, 9.17) is 34.8 Å². The highest BCUT2D eigenvalue weighted by atomic mass is 35.5. The van der Waals surface area contributed by atoms with Crippen LogP contribution in [-0.4, -0.2) is 31.4 Å². The summed E-state index contributed by atoms with van der Waals surface area (Å²) < 4.78 is 1.48.